The molecule has 4 heterocycles. The SMILES string of the molecule is Cc1cc(-c2cnc3c(NCC(C)(C)O)cc(Cl)nn23)ccc1C(=O)CC1CC1.Cc1cc(-c2cnc3c(NCC(C)(C)O)cc(Oc4ccc(Cl)c(F)c4)nn23)ccc1C(=O)CC1CC1. The van der Waals surface area contributed by atoms with Gasteiger partial charge in [0.05, 0.1) is 51.4 Å². The molecular weight excluding hydrogens is 883 g/mol. The van der Waals surface area contributed by atoms with Crippen LogP contribution in [0.5, 0.6) is 11.6 Å². The molecule has 4 N–H and O–H groups in total. The highest BCUT2D eigenvalue weighted by atomic mass is 35.5. The second kappa shape index (κ2) is 18.8. The number of halogens is 3. The topological polar surface area (TPSA) is 168 Å². The number of anilines is 2. The Hall–Kier alpha value is -5.93. The summed E-state index contributed by atoms with van der Waals surface area (Å²) in [4.78, 5) is 34.2. The smallest absolute Gasteiger partial charge is 0.239 e. The molecule has 0 unspecified atom stereocenters. The average molecular weight is 936 g/mol. The van der Waals surface area contributed by atoms with Gasteiger partial charge in [-0.1, -0.05) is 47.5 Å². The van der Waals surface area contributed by atoms with Crippen molar-refractivity contribution in [3.8, 4) is 34.1 Å². The Kier molecular flexibility index (Phi) is 13.2. The summed E-state index contributed by atoms with van der Waals surface area (Å²) in [6, 6.07) is 19.0. The molecule has 0 saturated heterocycles. The number of imidazole rings is 2. The molecule has 66 heavy (non-hydrogen) atoms. The predicted molar refractivity (Wildman–Crippen MR) is 256 cm³/mol. The molecule has 7 aromatic rings. The summed E-state index contributed by atoms with van der Waals surface area (Å²) < 4.78 is 23.2. The van der Waals surface area contributed by atoms with E-state index in [-0.39, 0.29) is 34.8 Å². The molecule has 16 heteroatoms. The number of ether oxygens (including phenoxy) is 1. The van der Waals surface area contributed by atoms with Crippen molar-refractivity contribution in [2.45, 2.75) is 91.3 Å². The summed E-state index contributed by atoms with van der Waals surface area (Å²) in [6.45, 7) is 11.3. The van der Waals surface area contributed by atoms with E-state index in [0.717, 1.165) is 51.9 Å². The second-order valence-electron chi connectivity index (χ2n) is 18.7. The fourth-order valence-corrected chi connectivity index (χ4v) is 7.83. The summed E-state index contributed by atoms with van der Waals surface area (Å²) in [5.41, 5.74) is 7.19. The Balaban J connectivity index is 0.000000185. The summed E-state index contributed by atoms with van der Waals surface area (Å²) in [5, 5.41) is 36.0. The van der Waals surface area contributed by atoms with Crippen LogP contribution >= 0.6 is 23.2 Å². The zero-order valence-electron chi connectivity index (χ0n) is 37.8. The number of hydrogen-bond donors (Lipinski definition) is 4. The first-order valence-corrected chi connectivity index (χ1v) is 22.8. The molecule has 2 fully saturated rings. The molecule has 9 rings (SSSR count). The third-order valence-electron chi connectivity index (χ3n) is 11.4. The van der Waals surface area contributed by atoms with E-state index in [1.54, 1.807) is 67.3 Å². The number of nitrogens with zero attached hydrogens (tertiary/aromatic N) is 6. The van der Waals surface area contributed by atoms with E-state index in [4.69, 9.17) is 27.9 Å². The minimum absolute atomic E-state index is 0.00498. The van der Waals surface area contributed by atoms with Gasteiger partial charge in [-0.2, -0.15) is 5.10 Å². The zero-order chi connectivity index (χ0) is 47.1. The number of Topliss-reactive ketones (excluding diaryl/α,β-unsaturated/α-hetero) is 2. The van der Waals surface area contributed by atoms with Crippen molar-refractivity contribution in [3.63, 3.8) is 0 Å². The Morgan fingerprint density at radius 2 is 1.20 bits per heavy atom. The molecule has 0 bridgehead atoms. The normalized spacial score (nSPS) is 14.0. The lowest BCUT2D eigenvalue weighted by atomic mass is 9.98. The summed E-state index contributed by atoms with van der Waals surface area (Å²) in [5.74, 6) is 1.31. The first-order valence-electron chi connectivity index (χ1n) is 22.1. The maximum Gasteiger partial charge on any atom is 0.239 e. The van der Waals surface area contributed by atoms with Gasteiger partial charge in [-0.05, 0) is 114 Å². The van der Waals surface area contributed by atoms with Crippen LogP contribution in [-0.2, 0) is 0 Å². The average Bonchev–Trinajstić information content (AvgIpc) is 4.16. The number of carbonyl (C=O) groups is 2. The molecule has 2 aliphatic rings. The predicted octanol–water partition coefficient (Wildman–Crippen LogP) is 11.0. The lowest BCUT2D eigenvalue weighted by molar-refractivity contribution is 0.0939. The second-order valence-corrected chi connectivity index (χ2v) is 19.5. The largest absolute Gasteiger partial charge is 0.437 e. The number of fused-ring (bicyclic) bond motifs is 2. The van der Waals surface area contributed by atoms with Crippen LogP contribution in [0.3, 0.4) is 0 Å². The highest BCUT2D eigenvalue weighted by Gasteiger charge is 2.27. The van der Waals surface area contributed by atoms with Gasteiger partial charge in [0.15, 0.2) is 28.0 Å². The van der Waals surface area contributed by atoms with Crippen LogP contribution in [0.15, 0.2) is 79.1 Å². The number of aliphatic hydroxyl groups is 2. The molecule has 0 aliphatic heterocycles. The Bertz CT molecular complexity index is 2970. The molecule has 13 nitrogen and oxygen atoms in total. The van der Waals surface area contributed by atoms with Gasteiger partial charge in [-0.15, -0.1) is 5.10 Å². The number of carbonyl (C=O) groups excluding carboxylic acids is 2. The number of hydrogen-bond acceptors (Lipinski definition) is 11. The van der Waals surface area contributed by atoms with Crippen molar-refractivity contribution in [2.24, 2.45) is 11.8 Å². The van der Waals surface area contributed by atoms with Gasteiger partial charge >= 0.3 is 0 Å². The maximum atomic E-state index is 14.0. The van der Waals surface area contributed by atoms with Crippen molar-refractivity contribution < 1.29 is 28.9 Å². The van der Waals surface area contributed by atoms with Crippen LogP contribution in [0.4, 0.5) is 15.8 Å². The molecule has 4 aromatic heterocycles. The van der Waals surface area contributed by atoms with Gasteiger partial charge in [0.1, 0.15) is 11.6 Å². The third-order valence-corrected chi connectivity index (χ3v) is 11.9. The fourth-order valence-electron chi connectivity index (χ4n) is 7.53. The van der Waals surface area contributed by atoms with Gasteiger partial charge in [0.25, 0.3) is 0 Å². The molecule has 0 atom stereocenters. The molecule has 0 amide bonds. The lowest BCUT2D eigenvalue weighted by Gasteiger charge is -2.19. The molecular formula is C50H53Cl2FN8O5. The van der Waals surface area contributed by atoms with Gasteiger partial charge < -0.3 is 25.6 Å². The van der Waals surface area contributed by atoms with Gasteiger partial charge in [0.2, 0.25) is 5.88 Å². The van der Waals surface area contributed by atoms with Crippen LogP contribution in [-0.4, -0.2) is 75.3 Å². The van der Waals surface area contributed by atoms with E-state index in [9.17, 15) is 24.2 Å². The standard InChI is InChI=1S/C28H28ClFN4O3.C22H25ClN4O2/c1-16-10-18(6-8-20(16)25(35)11-17-4-5-17)24-14-31-27-23(32-15-28(2,3)36)13-26(33-34(24)27)37-19-7-9-21(29)22(30)12-19;1-13-8-15(6-7-16(13)19(28)9-14-4-5-14)18-11-24-21-17(25-12-22(2,3)29)10-20(23)26-27(18)21/h6-10,12-14,17,32,36H,4-5,11,15H2,1-3H3;6-8,10-11,14,25,29H,4-5,9,12H2,1-3H3. The molecule has 2 saturated carbocycles. The van der Waals surface area contributed by atoms with Gasteiger partial charge in [0, 0.05) is 66.4 Å². The van der Waals surface area contributed by atoms with E-state index in [1.165, 1.54) is 25.0 Å². The Labute approximate surface area is 392 Å². The molecule has 0 radical (unpaired) electrons. The number of ketones is 2. The number of aryl methyl sites for hydroxylation is 2. The number of rotatable bonds is 16. The van der Waals surface area contributed by atoms with E-state index in [0.29, 0.717) is 64.7 Å². The van der Waals surface area contributed by atoms with Crippen molar-refractivity contribution >= 4 is 57.4 Å². The Morgan fingerprint density at radius 1 is 0.712 bits per heavy atom. The highest BCUT2D eigenvalue weighted by Crippen LogP contribution is 2.36. The quantitative estimate of drug-likeness (QED) is 0.0681. The van der Waals surface area contributed by atoms with E-state index in [1.807, 2.05) is 50.2 Å². The van der Waals surface area contributed by atoms with Crippen molar-refractivity contribution in [1.29, 1.82) is 0 Å². The number of aromatic nitrogens is 6. The lowest BCUT2D eigenvalue weighted by Crippen LogP contribution is -2.29. The molecule has 344 valence electrons. The number of nitrogens with one attached hydrogen (secondary N) is 2. The van der Waals surface area contributed by atoms with Crippen molar-refractivity contribution in [1.82, 2.24) is 29.2 Å². The van der Waals surface area contributed by atoms with E-state index < -0.39 is 17.0 Å². The highest BCUT2D eigenvalue weighted by molar-refractivity contribution is 6.30. The van der Waals surface area contributed by atoms with Crippen LogP contribution in [0.1, 0.15) is 98.1 Å². The van der Waals surface area contributed by atoms with E-state index in [2.05, 4.69) is 30.8 Å². The van der Waals surface area contributed by atoms with Crippen molar-refractivity contribution in [3.05, 3.63) is 117 Å². The monoisotopic (exact) mass is 934 g/mol. The van der Waals surface area contributed by atoms with Gasteiger partial charge in [-0.3, -0.25) is 9.59 Å². The van der Waals surface area contributed by atoms with Crippen LogP contribution in [0.2, 0.25) is 10.2 Å². The van der Waals surface area contributed by atoms with Crippen LogP contribution in [0, 0.1) is 31.5 Å². The van der Waals surface area contributed by atoms with Crippen LogP contribution in [0.25, 0.3) is 33.8 Å². The first kappa shape index (κ1) is 46.6. The first-order chi connectivity index (χ1) is 31.3. The molecule has 2 aliphatic carbocycles. The third kappa shape index (κ3) is 11.4. The summed E-state index contributed by atoms with van der Waals surface area (Å²) >= 11 is 12.0. The molecule has 3 aromatic carbocycles. The Morgan fingerprint density at radius 3 is 1.65 bits per heavy atom. The summed E-state index contributed by atoms with van der Waals surface area (Å²) in [6.07, 6.45) is 9.28. The van der Waals surface area contributed by atoms with Crippen LogP contribution < -0.4 is 15.4 Å². The maximum absolute atomic E-state index is 14.0. The molecule has 0 spiro atoms. The number of benzene rings is 3. The zero-order valence-corrected chi connectivity index (χ0v) is 39.3. The summed E-state index contributed by atoms with van der Waals surface area (Å²) in [7, 11) is 0. The minimum atomic E-state index is -0.976. The fraction of sp³-hybridized carbons (Fsp3) is 0.360. The van der Waals surface area contributed by atoms with Gasteiger partial charge in [-0.25, -0.2) is 23.4 Å². The van der Waals surface area contributed by atoms with Crippen molar-refractivity contribution in [2.75, 3.05) is 23.7 Å². The minimum Gasteiger partial charge on any atom is -0.437 e. The van der Waals surface area contributed by atoms with E-state index >= 15 is 0 Å².